The highest BCUT2D eigenvalue weighted by Crippen LogP contribution is 2.26. The Balaban J connectivity index is 1.40. The summed E-state index contributed by atoms with van der Waals surface area (Å²) in [7, 11) is 0. The monoisotopic (exact) mass is 454 g/mol. The van der Waals surface area contributed by atoms with Gasteiger partial charge in [-0.25, -0.2) is 4.79 Å². The van der Waals surface area contributed by atoms with Crippen LogP contribution in [0.4, 0.5) is 10.5 Å². The second kappa shape index (κ2) is 8.88. The maximum Gasteiger partial charge on any atom is 0.410 e. The second-order valence-electron chi connectivity index (χ2n) is 9.47. The van der Waals surface area contributed by atoms with E-state index in [-0.39, 0.29) is 23.9 Å². The molecular weight excluding hydrogens is 424 g/mol. The van der Waals surface area contributed by atoms with Gasteiger partial charge in [-0.3, -0.25) is 9.59 Å². The van der Waals surface area contributed by atoms with Crippen molar-refractivity contribution in [1.29, 1.82) is 0 Å². The molecule has 9 nitrogen and oxygen atoms in total. The smallest absolute Gasteiger partial charge is 0.410 e. The largest absolute Gasteiger partial charge is 0.444 e. The van der Waals surface area contributed by atoms with E-state index in [0.717, 1.165) is 5.69 Å². The van der Waals surface area contributed by atoms with E-state index >= 15 is 0 Å². The molecule has 0 radical (unpaired) electrons. The van der Waals surface area contributed by atoms with Crippen molar-refractivity contribution in [2.24, 2.45) is 0 Å². The fourth-order valence-corrected chi connectivity index (χ4v) is 4.08. The molecule has 4 rings (SSSR count). The van der Waals surface area contributed by atoms with Crippen LogP contribution in [0.1, 0.15) is 59.9 Å². The number of hydrogen-bond acceptors (Lipinski definition) is 7. The summed E-state index contributed by atoms with van der Waals surface area (Å²) < 4.78 is 10.9. The van der Waals surface area contributed by atoms with Crippen molar-refractivity contribution in [3.63, 3.8) is 0 Å². The Labute approximate surface area is 193 Å². The number of ether oxygens (including phenoxy) is 1. The minimum absolute atomic E-state index is 0.0399. The Bertz CT molecular complexity index is 1050. The molecular formula is C24H30N4O5. The molecule has 0 spiro atoms. The number of hydrogen-bond donors (Lipinski definition) is 0. The zero-order valence-electron chi connectivity index (χ0n) is 19.6. The molecule has 0 aliphatic carbocycles. The molecule has 0 bridgehead atoms. The van der Waals surface area contributed by atoms with Crippen LogP contribution in [0.15, 0.2) is 28.8 Å². The molecule has 2 aliphatic rings. The number of rotatable bonds is 3. The number of nitrogens with zero attached hydrogens (tertiary/aromatic N) is 4. The average molecular weight is 455 g/mol. The van der Waals surface area contributed by atoms with Crippen molar-refractivity contribution in [2.75, 3.05) is 37.6 Å². The van der Waals surface area contributed by atoms with Crippen LogP contribution in [0, 0.1) is 0 Å². The minimum Gasteiger partial charge on any atom is -0.444 e. The van der Waals surface area contributed by atoms with Gasteiger partial charge in [0.15, 0.2) is 11.5 Å². The number of Topliss-reactive ketones (excluding diaryl/α,β-unsaturated/α-hetero) is 1. The van der Waals surface area contributed by atoms with Gasteiger partial charge in [-0.1, -0.05) is 5.16 Å². The second-order valence-corrected chi connectivity index (χ2v) is 9.47. The maximum atomic E-state index is 13.2. The number of amides is 2. The molecule has 2 amide bonds. The quantitative estimate of drug-likeness (QED) is 0.658. The Morgan fingerprint density at radius 3 is 2.24 bits per heavy atom. The molecule has 2 aliphatic heterocycles. The number of benzene rings is 1. The first kappa shape index (κ1) is 22.8. The summed E-state index contributed by atoms with van der Waals surface area (Å²) in [5.74, 6) is 0.512. The van der Waals surface area contributed by atoms with Crippen LogP contribution in [0.2, 0.25) is 0 Å². The molecule has 3 heterocycles. The van der Waals surface area contributed by atoms with Crippen LogP contribution in [-0.2, 0) is 17.7 Å². The lowest BCUT2D eigenvalue weighted by molar-refractivity contribution is 0.0217. The van der Waals surface area contributed by atoms with Gasteiger partial charge in [-0.2, -0.15) is 0 Å². The number of piperazine rings is 1. The van der Waals surface area contributed by atoms with Gasteiger partial charge in [0.05, 0.1) is 6.54 Å². The van der Waals surface area contributed by atoms with E-state index in [1.54, 1.807) is 16.7 Å². The van der Waals surface area contributed by atoms with Crippen molar-refractivity contribution >= 4 is 23.5 Å². The van der Waals surface area contributed by atoms with Crippen molar-refractivity contribution in [1.82, 2.24) is 15.0 Å². The number of carbonyl (C=O) groups excluding carboxylic acids is 3. The summed E-state index contributed by atoms with van der Waals surface area (Å²) in [4.78, 5) is 42.7. The van der Waals surface area contributed by atoms with Gasteiger partial charge >= 0.3 is 6.09 Å². The molecule has 0 atom stereocenters. The number of carbonyl (C=O) groups is 3. The summed E-state index contributed by atoms with van der Waals surface area (Å²) in [6.45, 7) is 10.2. The zero-order valence-corrected chi connectivity index (χ0v) is 19.6. The lowest BCUT2D eigenvalue weighted by atomic mass is 10.1. The Morgan fingerprint density at radius 1 is 0.970 bits per heavy atom. The molecule has 1 aromatic carbocycles. The fraction of sp³-hybridized carbons (Fsp3) is 0.500. The Morgan fingerprint density at radius 2 is 1.64 bits per heavy atom. The lowest BCUT2D eigenvalue weighted by Gasteiger charge is -2.36. The predicted octanol–water partition coefficient (Wildman–Crippen LogP) is 3.13. The van der Waals surface area contributed by atoms with Crippen molar-refractivity contribution < 1.29 is 23.6 Å². The number of fused-ring (bicyclic) bond motifs is 1. The van der Waals surface area contributed by atoms with Crippen LogP contribution < -0.4 is 4.90 Å². The number of anilines is 1. The molecule has 33 heavy (non-hydrogen) atoms. The van der Waals surface area contributed by atoms with Crippen LogP contribution in [-0.4, -0.2) is 71.1 Å². The van der Waals surface area contributed by atoms with E-state index in [1.807, 2.05) is 45.0 Å². The summed E-state index contributed by atoms with van der Waals surface area (Å²) in [6.07, 6.45) is 0.0935. The first-order valence-corrected chi connectivity index (χ1v) is 11.2. The summed E-state index contributed by atoms with van der Waals surface area (Å²) in [5, 5.41) is 4.05. The van der Waals surface area contributed by atoms with E-state index in [9.17, 15) is 14.4 Å². The molecule has 2 aromatic rings. The van der Waals surface area contributed by atoms with Gasteiger partial charge in [0, 0.05) is 56.0 Å². The normalized spacial score (nSPS) is 16.4. The Hall–Kier alpha value is -3.36. The fourth-order valence-electron chi connectivity index (χ4n) is 4.08. The van der Waals surface area contributed by atoms with E-state index in [2.05, 4.69) is 10.1 Å². The molecule has 0 saturated carbocycles. The minimum atomic E-state index is -0.587. The summed E-state index contributed by atoms with van der Waals surface area (Å²) >= 11 is 0. The van der Waals surface area contributed by atoms with E-state index < -0.39 is 11.7 Å². The molecule has 1 aromatic heterocycles. The number of ketones is 1. The van der Waals surface area contributed by atoms with Crippen LogP contribution in [0.25, 0.3) is 0 Å². The maximum absolute atomic E-state index is 13.2. The highest BCUT2D eigenvalue weighted by molar-refractivity contribution is 5.95. The third kappa shape index (κ3) is 5.02. The molecule has 176 valence electrons. The highest BCUT2D eigenvalue weighted by Gasteiger charge is 2.34. The summed E-state index contributed by atoms with van der Waals surface area (Å²) in [6, 6.07) is 7.53. The standard InChI is InChI=1S/C24H30N4O5/c1-16(29)17-5-7-18(8-6-17)26-11-13-27(14-12-26)22(30)21-19-15-28(10-9-20(19)33-25-21)23(31)32-24(2,3)4/h5-8H,9-15H2,1-4H3. The first-order valence-electron chi connectivity index (χ1n) is 11.2. The van der Waals surface area contributed by atoms with Gasteiger partial charge in [-0.15, -0.1) is 0 Å². The Kier molecular flexibility index (Phi) is 6.14. The van der Waals surface area contributed by atoms with Crippen LogP contribution in [0.3, 0.4) is 0 Å². The first-order chi connectivity index (χ1) is 15.6. The SMILES string of the molecule is CC(=O)c1ccc(N2CCN(C(=O)c3noc4c3CN(C(=O)OC(C)(C)C)CC4)CC2)cc1. The lowest BCUT2D eigenvalue weighted by Crippen LogP contribution is -2.49. The van der Waals surface area contributed by atoms with Gasteiger partial charge in [0.1, 0.15) is 11.4 Å². The third-order valence-electron chi connectivity index (χ3n) is 5.89. The van der Waals surface area contributed by atoms with Gasteiger partial charge in [0.2, 0.25) is 0 Å². The van der Waals surface area contributed by atoms with Crippen LogP contribution >= 0.6 is 0 Å². The molecule has 1 saturated heterocycles. The molecule has 0 unspecified atom stereocenters. The molecule has 0 N–H and O–H groups in total. The van der Waals surface area contributed by atoms with E-state index in [4.69, 9.17) is 9.26 Å². The van der Waals surface area contributed by atoms with Crippen molar-refractivity contribution in [3.8, 4) is 0 Å². The highest BCUT2D eigenvalue weighted by atomic mass is 16.6. The van der Waals surface area contributed by atoms with Gasteiger partial charge in [-0.05, 0) is 52.0 Å². The third-order valence-corrected chi connectivity index (χ3v) is 5.89. The zero-order chi connectivity index (χ0) is 23.8. The van der Waals surface area contributed by atoms with Crippen molar-refractivity contribution in [3.05, 3.63) is 46.8 Å². The number of aromatic nitrogens is 1. The topological polar surface area (TPSA) is 96.2 Å². The van der Waals surface area contributed by atoms with Gasteiger partial charge < -0.3 is 24.0 Å². The summed E-state index contributed by atoms with van der Waals surface area (Å²) in [5.41, 5.74) is 2.07. The van der Waals surface area contributed by atoms with Crippen molar-refractivity contribution in [2.45, 2.75) is 46.3 Å². The van der Waals surface area contributed by atoms with E-state index in [1.165, 1.54) is 0 Å². The average Bonchev–Trinajstić information content (AvgIpc) is 3.21. The molecule has 1 fully saturated rings. The molecule has 9 heteroatoms. The van der Waals surface area contributed by atoms with Gasteiger partial charge in [0.25, 0.3) is 5.91 Å². The predicted molar refractivity (Wildman–Crippen MR) is 121 cm³/mol. The van der Waals surface area contributed by atoms with Crippen LogP contribution in [0.5, 0.6) is 0 Å². The van der Waals surface area contributed by atoms with E-state index in [0.29, 0.717) is 56.0 Å².